The summed E-state index contributed by atoms with van der Waals surface area (Å²) < 4.78 is 5.30. The molecule has 0 saturated carbocycles. The summed E-state index contributed by atoms with van der Waals surface area (Å²) in [6, 6.07) is 14.2. The fourth-order valence-electron chi connectivity index (χ4n) is 1.81. The highest BCUT2D eigenvalue weighted by Crippen LogP contribution is 2.18. The molecule has 104 valence electrons. The second-order valence-corrected chi connectivity index (χ2v) is 5.16. The van der Waals surface area contributed by atoms with E-state index in [9.17, 15) is 4.79 Å². The summed E-state index contributed by atoms with van der Waals surface area (Å²) in [7, 11) is 0. The Morgan fingerprint density at radius 1 is 1.15 bits per heavy atom. The van der Waals surface area contributed by atoms with Crippen LogP contribution in [0.25, 0.3) is 0 Å². The quantitative estimate of drug-likeness (QED) is 0.530. The summed E-state index contributed by atoms with van der Waals surface area (Å²) in [5.41, 5.74) is 7.40. The number of rotatable bonds is 4. The normalized spacial score (nSPS) is 11.9. The molecule has 0 saturated heterocycles. The van der Waals surface area contributed by atoms with Crippen molar-refractivity contribution in [3.8, 4) is 5.75 Å². The molecule has 2 rings (SSSR count). The van der Waals surface area contributed by atoms with Crippen molar-refractivity contribution in [3.05, 3.63) is 59.1 Å². The van der Waals surface area contributed by atoms with E-state index in [-0.39, 0.29) is 11.9 Å². The van der Waals surface area contributed by atoms with Crippen LogP contribution in [0.4, 0.5) is 5.69 Å². The number of carbonyl (C=O) groups is 1. The van der Waals surface area contributed by atoms with Crippen LogP contribution in [0.2, 0.25) is 5.02 Å². The molecule has 20 heavy (non-hydrogen) atoms. The van der Waals surface area contributed by atoms with Crippen molar-refractivity contribution in [1.82, 2.24) is 0 Å². The van der Waals surface area contributed by atoms with E-state index in [2.05, 4.69) is 0 Å². The van der Waals surface area contributed by atoms with Gasteiger partial charge in [0.15, 0.2) is 0 Å². The lowest BCUT2D eigenvalue weighted by atomic mass is 10.0. The Hall–Kier alpha value is -2.00. The maximum atomic E-state index is 12.0. The third kappa shape index (κ3) is 4.00. The average molecular weight is 290 g/mol. The second kappa shape index (κ2) is 6.44. The van der Waals surface area contributed by atoms with Crippen molar-refractivity contribution >= 4 is 23.3 Å². The van der Waals surface area contributed by atoms with Gasteiger partial charge in [-0.3, -0.25) is 4.79 Å². The van der Waals surface area contributed by atoms with E-state index < -0.39 is 0 Å². The summed E-state index contributed by atoms with van der Waals surface area (Å²) in [6.07, 6.45) is 0.618. The van der Waals surface area contributed by atoms with Crippen LogP contribution >= 0.6 is 11.6 Å². The largest absolute Gasteiger partial charge is 0.426 e. The molecule has 0 radical (unpaired) electrons. The van der Waals surface area contributed by atoms with Gasteiger partial charge in [0.2, 0.25) is 0 Å². The van der Waals surface area contributed by atoms with Crippen LogP contribution in [0, 0.1) is 5.92 Å². The fraction of sp³-hybridized carbons (Fsp3) is 0.188. The number of nitrogen functional groups attached to an aromatic ring is 1. The highest BCUT2D eigenvalue weighted by molar-refractivity contribution is 6.30. The smallest absolute Gasteiger partial charge is 0.314 e. The molecule has 0 aromatic heterocycles. The molecule has 0 bridgehead atoms. The number of hydrogen-bond acceptors (Lipinski definition) is 3. The molecule has 1 unspecified atom stereocenters. The van der Waals surface area contributed by atoms with E-state index in [1.165, 1.54) is 0 Å². The summed E-state index contributed by atoms with van der Waals surface area (Å²) in [4.78, 5) is 12.0. The van der Waals surface area contributed by atoms with Crippen molar-refractivity contribution in [1.29, 1.82) is 0 Å². The van der Waals surface area contributed by atoms with Crippen LogP contribution < -0.4 is 10.5 Å². The molecule has 0 aliphatic heterocycles. The van der Waals surface area contributed by atoms with E-state index in [1.807, 2.05) is 31.2 Å². The number of carbonyl (C=O) groups excluding carboxylic acids is 1. The van der Waals surface area contributed by atoms with Crippen molar-refractivity contribution < 1.29 is 9.53 Å². The number of nitrogens with two attached hydrogens (primary N) is 1. The predicted molar refractivity (Wildman–Crippen MR) is 80.8 cm³/mol. The van der Waals surface area contributed by atoms with Crippen LogP contribution in [0.3, 0.4) is 0 Å². The van der Waals surface area contributed by atoms with Gasteiger partial charge in [-0.25, -0.2) is 0 Å². The maximum absolute atomic E-state index is 12.0. The van der Waals surface area contributed by atoms with Gasteiger partial charge in [0, 0.05) is 10.7 Å². The van der Waals surface area contributed by atoms with Crippen LogP contribution in [0.15, 0.2) is 48.5 Å². The molecule has 2 aromatic rings. The first kappa shape index (κ1) is 14.4. The van der Waals surface area contributed by atoms with E-state index in [1.54, 1.807) is 24.3 Å². The SMILES string of the molecule is CC(Cc1ccc(N)cc1)C(=O)Oc1ccc(Cl)cc1. The van der Waals surface area contributed by atoms with Gasteiger partial charge in [0.1, 0.15) is 5.75 Å². The standard InChI is InChI=1S/C16H16ClNO2/c1-11(10-12-2-6-14(18)7-3-12)16(19)20-15-8-4-13(17)5-9-15/h2-9,11H,10,18H2,1H3. The first-order valence-corrected chi connectivity index (χ1v) is 6.74. The minimum atomic E-state index is -0.260. The Morgan fingerprint density at radius 2 is 1.75 bits per heavy atom. The van der Waals surface area contributed by atoms with E-state index in [4.69, 9.17) is 22.1 Å². The number of halogens is 1. The number of anilines is 1. The lowest BCUT2D eigenvalue weighted by molar-refractivity contribution is -0.138. The number of esters is 1. The highest BCUT2D eigenvalue weighted by Gasteiger charge is 2.16. The van der Waals surface area contributed by atoms with Gasteiger partial charge in [-0.15, -0.1) is 0 Å². The molecule has 2 aromatic carbocycles. The monoisotopic (exact) mass is 289 g/mol. The third-order valence-electron chi connectivity index (χ3n) is 2.96. The zero-order chi connectivity index (χ0) is 14.5. The van der Waals surface area contributed by atoms with Gasteiger partial charge in [0.05, 0.1) is 5.92 Å². The van der Waals surface area contributed by atoms with Gasteiger partial charge in [0.25, 0.3) is 0 Å². The number of hydrogen-bond donors (Lipinski definition) is 1. The summed E-state index contributed by atoms with van der Waals surface area (Å²) in [6.45, 7) is 1.84. The summed E-state index contributed by atoms with van der Waals surface area (Å²) in [5.74, 6) is 0.0157. The topological polar surface area (TPSA) is 52.3 Å². The molecule has 0 aliphatic rings. The molecule has 4 heteroatoms. The molecule has 1 atom stereocenters. The minimum Gasteiger partial charge on any atom is -0.426 e. The highest BCUT2D eigenvalue weighted by atomic mass is 35.5. The van der Waals surface area contributed by atoms with Crippen LogP contribution in [-0.2, 0) is 11.2 Å². The second-order valence-electron chi connectivity index (χ2n) is 4.72. The first-order chi connectivity index (χ1) is 9.54. The lowest BCUT2D eigenvalue weighted by Crippen LogP contribution is -2.19. The molecule has 0 fully saturated rings. The van der Waals surface area contributed by atoms with Crippen molar-refractivity contribution in [2.75, 3.05) is 5.73 Å². The zero-order valence-electron chi connectivity index (χ0n) is 11.2. The van der Waals surface area contributed by atoms with Crippen LogP contribution in [-0.4, -0.2) is 5.97 Å². The molecule has 3 nitrogen and oxygen atoms in total. The fourth-order valence-corrected chi connectivity index (χ4v) is 1.94. The molecule has 0 spiro atoms. The Bertz CT molecular complexity index is 578. The number of ether oxygens (including phenoxy) is 1. The van der Waals surface area contributed by atoms with Gasteiger partial charge in [-0.2, -0.15) is 0 Å². The Morgan fingerprint density at radius 3 is 2.35 bits per heavy atom. The van der Waals surface area contributed by atoms with Crippen LogP contribution in [0.1, 0.15) is 12.5 Å². The van der Waals surface area contributed by atoms with Crippen LogP contribution in [0.5, 0.6) is 5.75 Å². The first-order valence-electron chi connectivity index (χ1n) is 6.36. The Balaban J connectivity index is 1.94. The summed E-state index contributed by atoms with van der Waals surface area (Å²) in [5, 5.41) is 0.611. The molecule has 0 aliphatic carbocycles. The lowest BCUT2D eigenvalue weighted by Gasteiger charge is -2.11. The van der Waals surface area contributed by atoms with Gasteiger partial charge >= 0.3 is 5.97 Å². The summed E-state index contributed by atoms with van der Waals surface area (Å²) >= 11 is 5.78. The average Bonchev–Trinajstić information content (AvgIpc) is 2.44. The molecular formula is C16H16ClNO2. The molecular weight excluding hydrogens is 274 g/mol. The van der Waals surface area contributed by atoms with E-state index in [0.717, 1.165) is 5.56 Å². The van der Waals surface area contributed by atoms with E-state index in [0.29, 0.717) is 22.9 Å². The Labute approximate surface area is 123 Å². The third-order valence-corrected chi connectivity index (χ3v) is 3.21. The van der Waals surface area contributed by atoms with Gasteiger partial charge < -0.3 is 10.5 Å². The van der Waals surface area contributed by atoms with Crippen molar-refractivity contribution in [2.24, 2.45) is 5.92 Å². The van der Waals surface area contributed by atoms with Crippen molar-refractivity contribution in [2.45, 2.75) is 13.3 Å². The molecule has 0 heterocycles. The van der Waals surface area contributed by atoms with Gasteiger partial charge in [-0.05, 0) is 48.4 Å². The minimum absolute atomic E-state index is 0.227. The molecule has 0 amide bonds. The van der Waals surface area contributed by atoms with Gasteiger partial charge in [-0.1, -0.05) is 30.7 Å². The Kier molecular flexibility index (Phi) is 4.64. The zero-order valence-corrected chi connectivity index (χ0v) is 11.9. The predicted octanol–water partition coefficient (Wildman–Crippen LogP) is 3.71. The van der Waals surface area contributed by atoms with Crippen molar-refractivity contribution in [3.63, 3.8) is 0 Å². The number of benzene rings is 2. The maximum Gasteiger partial charge on any atom is 0.314 e. The molecule has 2 N–H and O–H groups in total. The van der Waals surface area contributed by atoms with E-state index >= 15 is 0 Å².